The van der Waals surface area contributed by atoms with E-state index in [9.17, 15) is 9.59 Å². The number of carbonyl (C=O) groups is 2. The minimum atomic E-state index is -0.408. The highest BCUT2D eigenvalue weighted by atomic mass is 16.5. The number of rotatable bonds is 7. The maximum atomic E-state index is 12.8. The fraction of sp³-hybridized carbons (Fsp3) is 0.619. The third kappa shape index (κ3) is 5.32. The number of esters is 2. The largest absolute Gasteiger partial charge is 0.465 e. The van der Waals surface area contributed by atoms with E-state index in [2.05, 4.69) is 6.92 Å². The number of hydrogen-bond donors (Lipinski definition) is 0. The Kier molecular flexibility index (Phi) is 7.48. The lowest BCUT2D eigenvalue weighted by Crippen LogP contribution is -2.39. The van der Waals surface area contributed by atoms with Crippen LogP contribution >= 0.6 is 0 Å². The number of carbonyl (C=O) groups excluding carboxylic acids is 2. The van der Waals surface area contributed by atoms with Crippen LogP contribution in [0.1, 0.15) is 64.5 Å². The summed E-state index contributed by atoms with van der Waals surface area (Å²) in [5.41, 5.74) is 0.960. The van der Waals surface area contributed by atoms with Crippen molar-refractivity contribution in [2.24, 2.45) is 17.8 Å². The molecule has 4 heteroatoms. The van der Waals surface area contributed by atoms with Crippen molar-refractivity contribution in [1.29, 1.82) is 0 Å². The lowest BCUT2D eigenvalue weighted by molar-refractivity contribution is -0.168. The fourth-order valence-electron chi connectivity index (χ4n) is 3.55. The van der Waals surface area contributed by atoms with E-state index in [1.54, 1.807) is 0 Å². The minimum absolute atomic E-state index is 0.132. The van der Waals surface area contributed by atoms with Gasteiger partial charge in [0.05, 0.1) is 18.4 Å². The van der Waals surface area contributed by atoms with Crippen LogP contribution in [0.15, 0.2) is 30.3 Å². The molecule has 4 nitrogen and oxygen atoms in total. The molecule has 4 unspecified atom stereocenters. The smallest absolute Gasteiger partial charge is 0.310 e. The van der Waals surface area contributed by atoms with Crippen molar-refractivity contribution in [3.05, 3.63) is 35.9 Å². The van der Waals surface area contributed by atoms with Gasteiger partial charge in [-0.05, 0) is 37.7 Å². The number of unbranched alkanes of at least 4 members (excludes halogenated alkanes) is 1. The van der Waals surface area contributed by atoms with Crippen LogP contribution in [-0.2, 0) is 19.1 Å². The molecule has 0 aliphatic heterocycles. The molecule has 1 saturated carbocycles. The molecule has 1 aliphatic carbocycles. The first-order chi connectivity index (χ1) is 12.0. The molecule has 0 heterocycles. The van der Waals surface area contributed by atoms with Gasteiger partial charge in [0.15, 0.2) is 0 Å². The van der Waals surface area contributed by atoms with Crippen molar-refractivity contribution in [2.75, 3.05) is 6.61 Å². The van der Waals surface area contributed by atoms with E-state index in [0.717, 1.165) is 31.2 Å². The first-order valence-corrected chi connectivity index (χ1v) is 9.46. The molecular formula is C21H30O4. The molecule has 2 rings (SSSR count). The fourth-order valence-corrected chi connectivity index (χ4v) is 3.55. The molecule has 138 valence electrons. The van der Waals surface area contributed by atoms with Gasteiger partial charge in [-0.3, -0.25) is 9.59 Å². The third-order valence-corrected chi connectivity index (χ3v) is 5.10. The molecule has 0 saturated heterocycles. The molecule has 1 aliphatic rings. The molecule has 4 atom stereocenters. The average Bonchev–Trinajstić information content (AvgIpc) is 2.62. The molecule has 1 fully saturated rings. The van der Waals surface area contributed by atoms with Gasteiger partial charge < -0.3 is 9.47 Å². The Labute approximate surface area is 150 Å². The molecule has 1 aromatic rings. The topological polar surface area (TPSA) is 52.6 Å². The number of ether oxygens (including phenoxy) is 2. The zero-order chi connectivity index (χ0) is 18.2. The minimum Gasteiger partial charge on any atom is -0.465 e. The Hall–Kier alpha value is -1.84. The van der Waals surface area contributed by atoms with E-state index in [1.807, 2.05) is 44.2 Å². The van der Waals surface area contributed by atoms with E-state index in [-0.39, 0.29) is 29.9 Å². The summed E-state index contributed by atoms with van der Waals surface area (Å²) in [5, 5.41) is 0. The molecule has 0 radical (unpaired) electrons. The van der Waals surface area contributed by atoms with Crippen molar-refractivity contribution >= 4 is 11.9 Å². The first kappa shape index (κ1) is 19.5. The summed E-state index contributed by atoms with van der Waals surface area (Å²) in [5.74, 6) is -1.17. The number of benzene rings is 1. The lowest BCUT2D eigenvalue weighted by Gasteiger charge is -2.34. The molecule has 0 spiro atoms. The van der Waals surface area contributed by atoms with Gasteiger partial charge in [-0.1, -0.05) is 57.0 Å². The van der Waals surface area contributed by atoms with Crippen LogP contribution in [0.2, 0.25) is 0 Å². The second-order valence-electron chi connectivity index (χ2n) is 7.05. The predicted molar refractivity (Wildman–Crippen MR) is 96.8 cm³/mol. The zero-order valence-corrected chi connectivity index (χ0v) is 15.6. The van der Waals surface area contributed by atoms with E-state index in [1.165, 1.54) is 0 Å². The molecule has 0 aromatic heterocycles. The molecule has 0 amide bonds. The van der Waals surface area contributed by atoms with Gasteiger partial charge >= 0.3 is 11.9 Å². The van der Waals surface area contributed by atoms with Crippen LogP contribution in [0.4, 0.5) is 0 Å². The highest BCUT2D eigenvalue weighted by Crippen LogP contribution is 2.37. The second-order valence-corrected chi connectivity index (χ2v) is 7.05. The van der Waals surface area contributed by atoms with E-state index >= 15 is 0 Å². The van der Waals surface area contributed by atoms with Gasteiger partial charge in [0.25, 0.3) is 0 Å². The van der Waals surface area contributed by atoms with Crippen molar-refractivity contribution in [3.8, 4) is 0 Å². The summed E-state index contributed by atoms with van der Waals surface area (Å²) < 4.78 is 11.1. The molecule has 25 heavy (non-hydrogen) atoms. The van der Waals surface area contributed by atoms with Crippen molar-refractivity contribution < 1.29 is 19.1 Å². The van der Waals surface area contributed by atoms with Gasteiger partial charge in [-0.25, -0.2) is 0 Å². The SMILES string of the molecule is CCCCOC(=O)C1CCCC(C)C1C(=O)OC(C)c1ccccc1. The van der Waals surface area contributed by atoms with Crippen LogP contribution in [0.3, 0.4) is 0 Å². The summed E-state index contributed by atoms with van der Waals surface area (Å²) in [4.78, 5) is 25.3. The lowest BCUT2D eigenvalue weighted by atomic mass is 9.72. The van der Waals surface area contributed by atoms with Gasteiger partial charge in [0, 0.05) is 0 Å². The Bertz CT molecular complexity index is 554. The standard InChI is InChI=1S/C21H30O4/c1-4-5-14-24-20(22)18-13-9-10-15(2)19(18)21(23)25-16(3)17-11-7-6-8-12-17/h6-8,11-12,15-16,18-19H,4-5,9-10,13-14H2,1-3H3. The van der Waals surface area contributed by atoms with Gasteiger partial charge in [0.2, 0.25) is 0 Å². The van der Waals surface area contributed by atoms with Crippen molar-refractivity contribution in [3.63, 3.8) is 0 Å². The van der Waals surface area contributed by atoms with Gasteiger partial charge in [0.1, 0.15) is 6.10 Å². The molecular weight excluding hydrogens is 316 g/mol. The third-order valence-electron chi connectivity index (χ3n) is 5.10. The average molecular weight is 346 g/mol. The normalized spacial score (nSPS) is 24.4. The Morgan fingerprint density at radius 3 is 2.56 bits per heavy atom. The second kappa shape index (κ2) is 9.59. The zero-order valence-electron chi connectivity index (χ0n) is 15.6. The molecule has 1 aromatic carbocycles. The summed E-state index contributed by atoms with van der Waals surface area (Å²) in [6.07, 6.45) is 4.11. The number of hydrogen-bond acceptors (Lipinski definition) is 4. The van der Waals surface area contributed by atoms with Crippen molar-refractivity contribution in [1.82, 2.24) is 0 Å². The summed E-state index contributed by atoms with van der Waals surface area (Å²) >= 11 is 0. The van der Waals surface area contributed by atoms with E-state index < -0.39 is 5.92 Å². The summed E-state index contributed by atoms with van der Waals surface area (Å²) in [6.45, 7) is 6.39. The quantitative estimate of drug-likeness (QED) is 0.531. The summed E-state index contributed by atoms with van der Waals surface area (Å²) in [7, 11) is 0. The van der Waals surface area contributed by atoms with Gasteiger partial charge in [-0.15, -0.1) is 0 Å². The van der Waals surface area contributed by atoms with Crippen LogP contribution in [0, 0.1) is 17.8 Å². The van der Waals surface area contributed by atoms with E-state index in [0.29, 0.717) is 13.0 Å². The van der Waals surface area contributed by atoms with E-state index in [4.69, 9.17) is 9.47 Å². The van der Waals surface area contributed by atoms with Crippen LogP contribution < -0.4 is 0 Å². The highest BCUT2D eigenvalue weighted by Gasteiger charge is 2.42. The first-order valence-electron chi connectivity index (χ1n) is 9.46. The maximum Gasteiger partial charge on any atom is 0.310 e. The Morgan fingerprint density at radius 2 is 1.88 bits per heavy atom. The maximum absolute atomic E-state index is 12.8. The predicted octanol–water partition coefficient (Wildman–Crippen LogP) is 4.69. The monoisotopic (exact) mass is 346 g/mol. The van der Waals surface area contributed by atoms with Crippen molar-refractivity contribution in [2.45, 2.75) is 59.0 Å². The van der Waals surface area contributed by atoms with Crippen LogP contribution in [0.25, 0.3) is 0 Å². The Balaban J connectivity index is 2.03. The molecule has 0 bridgehead atoms. The summed E-state index contributed by atoms with van der Waals surface area (Å²) in [6, 6.07) is 9.68. The Morgan fingerprint density at radius 1 is 1.16 bits per heavy atom. The molecule has 0 N–H and O–H groups in total. The van der Waals surface area contributed by atoms with Crippen LogP contribution in [-0.4, -0.2) is 18.5 Å². The van der Waals surface area contributed by atoms with Crippen LogP contribution in [0.5, 0.6) is 0 Å². The highest BCUT2D eigenvalue weighted by molar-refractivity contribution is 5.82. The van der Waals surface area contributed by atoms with Gasteiger partial charge in [-0.2, -0.15) is 0 Å².